The smallest absolute Gasteiger partial charge is 0.206 e. The van der Waals surface area contributed by atoms with Crippen LogP contribution < -0.4 is 4.80 Å². The van der Waals surface area contributed by atoms with Gasteiger partial charge in [-0.1, -0.05) is 12.1 Å². The van der Waals surface area contributed by atoms with Crippen molar-refractivity contribution in [2.24, 2.45) is 10.1 Å². The van der Waals surface area contributed by atoms with E-state index in [1.54, 1.807) is 29.4 Å². The Morgan fingerprint density at radius 3 is 3.00 bits per heavy atom. The van der Waals surface area contributed by atoms with E-state index in [0.29, 0.717) is 6.54 Å². The lowest BCUT2D eigenvalue weighted by Gasteiger charge is -1.99. The highest BCUT2D eigenvalue weighted by Gasteiger charge is 2.09. The summed E-state index contributed by atoms with van der Waals surface area (Å²) < 4.78 is 7.22. The second-order valence-electron chi connectivity index (χ2n) is 4.32. The summed E-state index contributed by atoms with van der Waals surface area (Å²) >= 11 is 1.50. The number of furan rings is 1. The van der Waals surface area contributed by atoms with Crippen LogP contribution in [-0.4, -0.2) is 22.4 Å². The summed E-state index contributed by atoms with van der Waals surface area (Å²) in [4.78, 5) is 9.46. The summed E-state index contributed by atoms with van der Waals surface area (Å²) in [7, 11) is 0. The Hall–Kier alpha value is -2.73. The van der Waals surface area contributed by atoms with Crippen LogP contribution in [0, 0.1) is 0 Å². The van der Waals surface area contributed by atoms with Crippen molar-refractivity contribution >= 4 is 17.6 Å². The third-order valence-corrected chi connectivity index (χ3v) is 3.66. The maximum absolute atomic E-state index is 5.46. The average Bonchev–Trinajstić information content (AvgIpc) is 3.21. The first-order chi connectivity index (χ1) is 10.9. The van der Waals surface area contributed by atoms with Crippen molar-refractivity contribution in [3.05, 3.63) is 71.3 Å². The van der Waals surface area contributed by atoms with Crippen molar-refractivity contribution in [1.29, 1.82) is 0 Å². The third-order valence-electron chi connectivity index (χ3n) is 2.81. The van der Waals surface area contributed by atoms with E-state index >= 15 is 0 Å². The van der Waals surface area contributed by atoms with Gasteiger partial charge in [-0.2, -0.15) is 5.10 Å². The van der Waals surface area contributed by atoms with Crippen LogP contribution in [0.4, 0.5) is 0 Å². The maximum atomic E-state index is 5.46. The zero-order chi connectivity index (χ0) is 15.2. The predicted octanol–water partition coefficient (Wildman–Crippen LogP) is 3.17. The summed E-state index contributed by atoms with van der Waals surface area (Å²) in [5.74, 6) is 0.745. The molecular weight excluding hydrogens is 296 g/mol. The molecule has 3 aromatic rings. The molecule has 22 heavy (non-hydrogen) atoms. The Morgan fingerprint density at radius 2 is 2.27 bits per heavy atom. The number of aromatic nitrogens is 2. The highest BCUT2D eigenvalue weighted by Crippen LogP contribution is 2.20. The molecular formula is C16H14N4OS. The Balaban J connectivity index is 2.05. The molecule has 0 atom stereocenters. The van der Waals surface area contributed by atoms with Gasteiger partial charge in [0.15, 0.2) is 5.76 Å². The fourth-order valence-corrected chi connectivity index (χ4v) is 2.65. The molecule has 0 spiro atoms. The molecule has 0 bridgehead atoms. The van der Waals surface area contributed by atoms with Gasteiger partial charge in [0.05, 0.1) is 24.7 Å². The molecule has 0 saturated carbocycles. The Kier molecular flexibility index (Phi) is 4.41. The van der Waals surface area contributed by atoms with Crippen LogP contribution in [0.3, 0.4) is 0 Å². The van der Waals surface area contributed by atoms with Crippen molar-refractivity contribution in [2.45, 2.75) is 0 Å². The molecule has 0 radical (unpaired) electrons. The molecule has 5 nitrogen and oxygen atoms in total. The highest BCUT2D eigenvalue weighted by molar-refractivity contribution is 7.07. The molecule has 110 valence electrons. The van der Waals surface area contributed by atoms with E-state index in [9.17, 15) is 0 Å². The zero-order valence-corrected chi connectivity index (χ0v) is 12.6. The predicted molar refractivity (Wildman–Crippen MR) is 87.9 cm³/mol. The summed E-state index contributed by atoms with van der Waals surface area (Å²) in [5, 5.41) is 6.47. The standard InChI is InChI=1S/C16H14N4OS/c1-2-8-18-16-20(19-11-13-6-3-4-9-17-13)14(12-22-16)15-7-5-10-21-15/h2-7,9-12H,1,8H2. The van der Waals surface area contributed by atoms with Crippen LogP contribution in [0.5, 0.6) is 0 Å². The van der Waals surface area contributed by atoms with Gasteiger partial charge in [-0.15, -0.1) is 17.9 Å². The number of hydrogen-bond acceptors (Lipinski definition) is 5. The van der Waals surface area contributed by atoms with E-state index in [1.807, 2.05) is 35.7 Å². The van der Waals surface area contributed by atoms with Gasteiger partial charge in [0.25, 0.3) is 0 Å². The molecule has 0 aliphatic heterocycles. The molecule has 3 rings (SSSR count). The first-order valence-electron chi connectivity index (χ1n) is 6.69. The number of hydrogen-bond donors (Lipinski definition) is 0. The van der Waals surface area contributed by atoms with Crippen LogP contribution in [0.25, 0.3) is 11.5 Å². The SMILES string of the molecule is C=CCN=c1scc(-c2ccco2)n1N=Cc1ccccn1. The van der Waals surface area contributed by atoms with Crippen LogP contribution in [0.1, 0.15) is 5.69 Å². The molecule has 0 saturated heterocycles. The fourth-order valence-electron chi connectivity index (χ4n) is 1.83. The molecule has 0 aliphatic rings. The Bertz CT molecular complexity index is 829. The monoisotopic (exact) mass is 310 g/mol. The van der Waals surface area contributed by atoms with Gasteiger partial charge in [0, 0.05) is 11.6 Å². The topological polar surface area (TPSA) is 55.7 Å². The summed E-state index contributed by atoms with van der Waals surface area (Å²) in [5.41, 5.74) is 1.63. The molecule has 3 heterocycles. The molecule has 3 aromatic heterocycles. The fraction of sp³-hybridized carbons (Fsp3) is 0.0625. The Labute approximate surface area is 131 Å². The van der Waals surface area contributed by atoms with Crippen LogP contribution >= 0.6 is 11.3 Å². The van der Waals surface area contributed by atoms with Gasteiger partial charge in [-0.25, -0.2) is 4.68 Å². The van der Waals surface area contributed by atoms with Gasteiger partial charge in [-0.05, 0) is 24.3 Å². The van der Waals surface area contributed by atoms with E-state index < -0.39 is 0 Å². The van der Waals surface area contributed by atoms with Crippen LogP contribution in [0.2, 0.25) is 0 Å². The lowest BCUT2D eigenvalue weighted by Crippen LogP contribution is -2.12. The first kappa shape index (κ1) is 14.2. The van der Waals surface area contributed by atoms with E-state index in [-0.39, 0.29) is 0 Å². The Morgan fingerprint density at radius 1 is 1.32 bits per heavy atom. The lowest BCUT2D eigenvalue weighted by molar-refractivity contribution is 0.575. The van der Waals surface area contributed by atoms with E-state index in [2.05, 4.69) is 21.7 Å². The van der Waals surface area contributed by atoms with E-state index in [1.165, 1.54) is 11.3 Å². The van der Waals surface area contributed by atoms with Crippen molar-refractivity contribution in [3.63, 3.8) is 0 Å². The minimum Gasteiger partial charge on any atom is -0.463 e. The van der Waals surface area contributed by atoms with Crippen molar-refractivity contribution < 1.29 is 4.42 Å². The van der Waals surface area contributed by atoms with E-state index in [0.717, 1.165) is 21.9 Å². The zero-order valence-electron chi connectivity index (χ0n) is 11.8. The van der Waals surface area contributed by atoms with E-state index in [4.69, 9.17) is 4.42 Å². The van der Waals surface area contributed by atoms with Gasteiger partial charge < -0.3 is 4.42 Å². The molecule has 0 amide bonds. The molecule has 0 unspecified atom stereocenters. The van der Waals surface area contributed by atoms with Crippen LogP contribution in [0.15, 0.2) is 75.3 Å². The van der Waals surface area contributed by atoms with Gasteiger partial charge >= 0.3 is 0 Å². The highest BCUT2D eigenvalue weighted by atomic mass is 32.1. The van der Waals surface area contributed by atoms with Crippen molar-refractivity contribution in [3.8, 4) is 11.5 Å². The van der Waals surface area contributed by atoms with Gasteiger partial charge in [-0.3, -0.25) is 9.98 Å². The number of thiazole rings is 1. The molecule has 0 aliphatic carbocycles. The van der Waals surface area contributed by atoms with Crippen molar-refractivity contribution in [2.75, 3.05) is 6.54 Å². The van der Waals surface area contributed by atoms with Gasteiger partial charge in [0.1, 0.15) is 5.69 Å². The third kappa shape index (κ3) is 3.12. The maximum Gasteiger partial charge on any atom is 0.206 e. The number of nitrogens with zero attached hydrogens (tertiary/aromatic N) is 4. The summed E-state index contributed by atoms with van der Waals surface area (Å²) in [6.07, 6.45) is 6.82. The average molecular weight is 310 g/mol. The summed E-state index contributed by atoms with van der Waals surface area (Å²) in [6, 6.07) is 9.42. The molecule has 0 aromatic carbocycles. The second-order valence-corrected chi connectivity index (χ2v) is 5.16. The summed E-state index contributed by atoms with van der Waals surface area (Å²) in [6.45, 7) is 4.23. The number of rotatable bonds is 5. The first-order valence-corrected chi connectivity index (χ1v) is 7.57. The minimum atomic E-state index is 0.539. The number of pyridine rings is 1. The largest absolute Gasteiger partial charge is 0.463 e. The second kappa shape index (κ2) is 6.82. The molecule has 0 fully saturated rings. The lowest BCUT2D eigenvalue weighted by atomic mass is 10.4. The van der Waals surface area contributed by atoms with Gasteiger partial charge in [0.2, 0.25) is 4.80 Å². The van der Waals surface area contributed by atoms with Crippen molar-refractivity contribution in [1.82, 2.24) is 9.66 Å². The quantitative estimate of drug-likeness (QED) is 0.537. The molecule has 0 N–H and O–H groups in total. The molecule has 6 heteroatoms. The normalized spacial score (nSPS) is 12.1. The van der Waals surface area contributed by atoms with Crippen LogP contribution in [-0.2, 0) is 0 Å². The minimum absolute atomic E-state index is 0.539.